The Morgan fingerprint density at radius 3 is 2.65 bits per heavy atom. The molecule has 0 atom stereocenters. The molecule has 0 aliphatic heterocycles. The third-order valence-electron chi connectivity index (χ3n) is 2.90. The van der Waals surface area contributed by atoms with Crippen molar-refractivity contribution in [1.82, 2.24) is 4.98 Å². The van der Waals surface area contributed by atoms with E-state index in [4.69, 9.17) is 16.3 Å². The van der Waals surface area contributed by atoms with Gasteiger partial charge in [0.05, 0.1) is 7.11 Å². The van der Waals surface area contributed by atoms with E-state index in [2.05, 4.69) is 15.8 Å². The molecule has 0 N–H and O–H groups in total. The topological polar surface area (TPSA) is 48.4 Å². The highest BCUT2D eigenvalue weighted by Crippen LogP contribution is 2.34. The monoisotopic (exact) mass is 311 g/mol. The average molecular weight is 312 g/mol. The minimum absolute atomic E-state index is 0.0962. The van der Waals surface area contributed by atoms with Gasteiger partial charge in [0.25, 0.3) is 5.19 Å². The molecule has 1 heterocycles. The summed E-state index contributed by atoms with van der Waals surface area (Å²) in [5.74, 6) is 0.198. The molecule has 0 bridgehead atoms. The maximum absolute atomic E-state index is 11.5. The first kappa shape index (κ1) is 14.8. The van der Waals surface area contributed by atoms with Crippen LogP contribution in [-0.2, 0) is 4.74 Å². The zero-order valence-corrected chi connectivity index (χ0v) is 13.2. The molecule has 2 aromatic rings. The Bertz CT molecular complexity index is 667. The van der Waals surface area contributed by atoms with E-state index in [0.717, 1.165) is 28.0 Å². The van der Waals surface area contributed by atoms with Gasteiger partial charge in [0.1, 0.15) is 5.75 Å². The Kier molecular flexibility index (Phi) is 4.30. The van der Waals surface area contributed by atoms with Crippen LogP contribution in [0.2, 0.25) is 5.15 Å². The normalized spacial score (nSPS) is 10.4. The Morgan fingerprint density at radius 1 is 1.30 bits per heavy atom. The van der Waals surface area contributed by atoms with Crippen molar-refractivity contribution in [3.05, 3.63) is 38.9 Å². The molecular formula is C14H14ClNO3S. The largest absolute Gasteiger partial charge is 0.465 e. The number of ether oxygens (including phenoxy) is 2. The van der Waals surface area contributed by atoms with Crippen LogP contribution in [0, 0.1) is 20.8 Å². The van der Waals surface area contributed by atoms with Gasteiger partial charge in [-0.1, -0.05) is 29.0 Å². The van der Waals surface area contributed by atoms with E-state index < -0.39 is 5.97 Å². The van der Waals surface area contributed by atoms with Crippen molar-refractivity contribution >= 4 is 28.9 Å². The fraction of sp³-hybridized carbons (Fsp3) is 0.286. The first-order valence-electron chi connectivity index (χ1n) is 5.92. The van der Waals surface area contributed by atoms with Crippen LogP contribution in [0.25, 0.3) is 0 Å². The van der Waals surface area contributed by atoms with E-state index in [-0.39, 0.29) is 10.0 Å². The molecule has 0 spiro atoms. The summed E-state index contributed by atoms with van der Waals surface area (Å²) >= 11 is 6.97. The van der Waals surface area contributed by atoms with Crippen LogP contribution in [0.15, 0.2) is 12.1 Å². The Morgan fingerprint density at radius 2 is 2.00 bits per heavy atom. The minimum atomic E-state index is -0.514. The van der Waals surface area contributed by atoms with Crippen molar-refractivity contribution in [3.63, 3.8) is 0 Å². The molecule has 0 aliphatic rings. The van der Waals surface area contributed by atoms with Crippen LogP contribution >= 0.6 is 22.9 Å². The van der Waals surface area contributed by atoms with Crippen LogP contribution < -0.4 is 4.74 Å². The number of thiazole rings is 1. The zero-order valence-electron chi connectivity index (χ0n) is 11.6. The number of aromatic nitrogens is 1. The molecule has 106 valence electrons. The van der Waals surface area contributed by atoms with Crippen molar-refractivity contribution in [2.75, 3.05) is 7.11 Å². The molecule has 0 saturated heterocycles. The van der Waals surface area contributed by atoms with Gasteiger partial charge in [-0.3, -0.25) is 0 Å². The molecule has 1 aromatic carbocycles. The molecule has 0 aliphatic carbocycles. The van der Waals surface area contributed by atoms with E-state index in [1.165, 1.54) is 7.11 Å². The van der Waals surface area contributed by atoms with Gasteiger partial charge in [-0.25, -0.2) is 4.79 Å². The Labute approximate surface area is 126 Å². The predicted octanol–water partition coefficient (Wildman–Crippen LogP) is 4.30. The summed E-state index contributed by atoms with van der Waals surface area (Å²) in [6.07, 6.45) is 0. The number of carbonyl (C=O) groups is 1. The Hall–Kier alpha value is -1.59. The second-order valence-electron chi connectivity index (χ2n) is 4.40. The van der Waals surface area contributed by atoms with Crippen molar-refractivity contribution in [1.29, 1.82) is 0 Å². The molecule has 2 rings (SSSR count). The van der Waals surface area contributed by atoms with Gasteiger partial charge in [0.15, 0.2) is 10.0 Å². The minimum Gasteiger partial charge on any atom is -0.465 e. The van der Waals surface area contributed by atoms with Crippen molar-refractivity contribution in [2.45, 2.75) is 20.8 Å². The molecule has 0 amide bonds. The van der Waals surface area contributed by atoms with Crippen molar-refractivity contribution < 1.29 is 14.3 Å². The van der Waals surface area contributed by atoms with Crippen molar-refractivity contribution in [2.24, 2.45) is 0 Å². The highest BCUT2D eigenvalue weighted by atomic mass is 35.5. The van der Waals surface area contributed by atoms with Crippen LogP contribution in [0.3, 0.4) is 0 Å². The molecule has 4 nitrogen and oxygen atoms in total. The standard InChI is InChI=1S/C14H14ClNO3S/c1-7-5-8(2)9(3)10(6-7)19-14-16-12(15)11(20-14)13(17)18-4/h5-6H,1-4H3. The predicted molar refractivity (Wildman–Crippen MR) is 79.2 cm³/mol. The second-order valence-corrected chi connectivity index (χ2v) is 5.72. The molecule has 0 fully saturated rings. The maximum Gasteiger partial charge on any atom is 0.351 e. The molecule has 6 heteroatoms. The lowest BCUT2D eigenvalue weighted by Gasteiger charge is -2.09. The summed E-state index contributed by atoms with van der Waals surface area (Å²) in [4.78, 5) is 15.8. The smallest absolute Gasteiger partial charge is 0.351 e. The lowest BCUT2D eigenvalue weighted by molar-refractivity contribution is 0.0606. The SMILES string of the molecule is COC(=O)c1sc(Oc2cc(C)cc(C)c2C)nc1Cl. The van der Waals surface area contributed by atoms with Gasteiger partial charge in [0.2, 0.25) is 0 Å². The number of nitrogens with zero attached hydrogens (tertiary/aromatic N) is 1. The molecular weight excluding hydrogens is 298 g/mol. The summed E-state index contributed by atoms with van der Waals surface area (Å²) < 4.78 is 10.4. The van der Waals surface area contributed by atoms with Crippen LogP contribution in [0.5, 0.6) is 10.9 Å². The third kappa shape index (κ3) is 2.94. The van der Waals surface area contributed by atoms with Gasteiger partial charge >= 0.3 is 5.97 Å². The van der Waals surface area contributed by atoms with E-state index in [0.29, 0.717) is 10.9 Å². The number of rotatable bonds is 3. The molecule has 0 unspecified atom stereocenters. The number of hydrogen-bond acceptors (Lipinski definition) is 5. The van der Waals surface area contributed by atoms with Crippen LogP contribution in [0.1, 0.15) is 26.4 Å². The number of esters is 1. The lowest BCUT2D eigenvalue weighted by atomic mass is 10.1. The van der Waals surface area contributed by atoms with Crippen LogP contribution in [-0.4, -0.2) is 18.1 Å². The van der Waals surface area contributed by atoms with Gasteiger partial charge < -0.3 is 9.47 Å². The first-order valence-corrected chi connectivity index (χ1v) is 7.12. The highest BCUT2D eigenvalue weighted by molar-refractivity contribution is 7.15. The quantitative estimate of drug-likeness (QED) is 0.793. The van der Waals surface area contributed by atoms with E-state index in [1.807, 2.05) is 26.8 Å². The van der Waals surface area contributed by atoms with Crippen molar-refractivity contribution in [3.8, 4) is 10.9 Å². The number of benzene rings is 1. The fourth-order valence-electron chi connectivity index (χ4n) is 1.75. The molecule has 1 aromatic heterocycles. The van der Waals surface area contributed by atoms with E-state index in [9.17, 15) is 4.79 Å². The molecule has 20 heavy (non-hydrogen) atoms. The summed E-state index contributed by atoms with van der Waals surface area (Å²) in [6, 6.07) is 4.01. The molecule has 0 radical (unpaired) electrons. The highest BCUT2D eigenvalue weighted by Gasteiger charge is 2.19. The maximum atomic E-state index is 11.5. The number of aryl methyl sites for hydroxylation is 2. The number of halogens is 1. The summed E-state index contributed by atoms with van der Waals surface area (Å²) in [7, 11) is 1.30. The number of methoxy groups -OCH3 is 1. The lowest BCUT2D eigenvalue weighted by Crippen LogP contribution is -1.98. The summed E-state index contributed by atoms with van der Waals surface area (Å²) in [6.45, 7) is 5.98. The average Bonchev–Trinajstić information content (AvgIpc) is 2.75. The summed E-state index contributed by atoms with van der Waals surface area (Å²) in [5, 5.41) is 0.419. The number of carbonyl (C=O) groups excluding carboxylic acids is 1. The van der Waals surface area contributed by atoms with Gasteiger partial charge in [-0.2, -0.15) is 4.98 Å². The first-order chi connectivity index (χ1) is 9.42. The van der Waals surface area contributed by atoms with Gasteiger partial charge in [-0.05, 0) is 43.5 Å². The molecule has 0 saturated carbocycles. The van der Waals surface area contributed by atoms with Gasteiger partial charge in [0, 0.05) is 0 Å². The van der Waals surface area contributed by atoms with Gasteiger partial charge in [-0.15, -0.1) is 0 Å². The third-order valence-corrected chi connectivity index (χ3v) is 4.20. The van der Waals surface area contributed by atoms with Crippen LogP contribution in [0.4, 0.5) is 0 Å². The summed E-state index contributed by atoms with van der Waals surface area (Å²) in [5.41, 5.74) is 3.26. The fourth-order valence-corrected chi connectivity index (χ4v) is 2.81. The van der Waals surface area contributed by atoms with E-state index >= 15 is 0 Å². The van der Waals surface area contributed by atoms with E-state index in [1.54, 1.807) is 0 Å². The number of hydrogen-bond donors (Lipinski definition) is 0. The Balaban J connectivity index is 2.34. The second kappa shape index (κ2) is 5.81. The zero-order chi connectivity index (χ0) is 14.9.